The fourth-order valence-electron chi connectivity index (χ4n) is 2.31. The lowest BCUT2D eigenvalue weighted by Crippen LogP contribution is -2.45. The highest BCUT2D eigenvalue weighted by molar-refractivity contribution is 14.0. The molecule has 0 bridgehead atoms. The second-order valence-corrected chi connectivity index (χ2v) is 6.19. The van der Waals surface area contributed by atoms with E-state index in [2.05, 4.69) is 43.2 Å². The lowest BCUT2D eigenvalue weighted by molar-refractivity contribution is 0.508. The number of halogens is 1. The van der Waals surface area contributed by atoms with E-state index in [4.69, 9.17) is 10.7 Å². The second-order valence-electron chi connectivity index (χ2n) is 6.19. The van der Waals surface area contributed by atoms with Crippen LogP contribution in [0.1, 0.15) is 50.6 Å². The van der Waals surface area contributed by atoms with Gasteiger partial charge in [-0.05, 0) is 58.1 Å². The largest absolute Gasteiger partial charge is 0.370 e. The van der Waals surface area contributed by atoms with E-state index in [1.54, 1.807) is 0 Å². The Morgan fingerprint density at radius 2 is 2.00 bits per heavy atom. The van der Waals surface area contributed by atoms with Gasteiger partial charge in [0.25, 0.3) is 0 Å². The van der Waals surface area contributed by atoms with Crippen LogP contribution >= 0.6 is 24.0 Å². The van der Waals surface area contributed by atoms with Crippen LogP contribution in [-0.4, -0.2) is 16.5 Å². The van der Waals surface area contributed by atoms with Crippen molar-refractivity contribution in [2.24, 2.45) is 10.7 Å². The third-order valence-corrected chi connectivity index (χ3v) is 3.15. The summed E-state index contributed by atoms with van der Waals surface area (Å²) in [6.45, 7) is 6.73. The predicted octanol–water partition coefficient (Wildman–Crippen LogP) is 2.78. The number of rotatable bonds is 2. The number of nitrogens with two attached hydrogens (primary N) is 1. The lowest BCUT2D eigenvalue weighted by Gasteiger charge is -2.21. The Balaban J connectivity index is 0.00000200. The van der Waals surface area contributed by atoms with Gasteiger partial charge in [0.15, 0.2) is 5.96 Å². The first kappa shape index (κ1) is 17.2. The summed E-state index contributed by atoms with van der Waals surface area (Å²) in [5, 5.41) is 3.15. The highest BCUT2D eigenvalue weighted by atomic mass is 127. The molecule has 1 aliphatic rings. The van der Waals surface area contributed by atoms with Crippen LogP contribution in [0.2, 0.25) is 0 Å². The zero-order chi connectivity index (χ0) is 13.9. The molecule has 1 aromatic heterocycles. The molecule has 0 aromatic carbocycles. The molecule has 1 heterocycles. The number of hydrogen-bond acceptors (Lipinski definition) is 2. The second kappa shape index (κ2) is 7.24. The first-order valence-electron chi connectivity index (χ1n) is 7.00. The summed E-state index contributed by atoms with van der Waals surface area (Å²) in [6.07, 6.45) is 4.80. The van der Waals surface area contributed by atoms with Gasteiger partial charge < -0.3 is 11.1 Å². The summed E-state index contributed by atoms with van der Waals surface area (Å²) in [4.78, 5) is 9.04. The van der Waals surface area contributed by atoms with E-state index in [0.717, 1.165) is 12.1 Å². The summed E-state index contributed by atoms with van der Waals surface area (Å²) in [7, 11) is 0. The number of pyridine rings is 1. The Hall–Kier alpha value is -0.850. The van der Waals surface area contributed by atoms with Gasteiger partial charge >= 0.3 is 0 Å². The highest BCUT2D eigenvalue weighted by Crippen LogP contribution is 2.19. The average Bonchev–Trinajstić information content (AvgIpc) is 2.34. The minimum atomic E-state index is -0.0587. The van der Waals surface area contributed by atoms with E-state index < -0.39 is 0 Å². The zero-order valence-corrected chi connectivity index (χ0v) is 14.9. The summed E-state index contributed by atoms with van der Waals surface area (Å²) >= 11 is 0. The first-order chi connectivity index (χ1) is 8.94. The van der Waals surface area contributed by atoms with Crippen LogP contribution in [0.4, 0.5) is 0 Å². The number of guanidine groups is 1. The summed E-state index contributed by atoms with van der Waals surface area (Å²) < 4.78 is 0. The van der Waals surface area contributed by atoms with Gasteiger partial charge in [0, 0.05) is 11.2 Å². The van der Waals surface area contributed by atoms with Crippen molar-refractivity contribution in [3.8, 4) is 0 Å². The quantitative estimate of drug-likeness (QED) is 0.465. The van der Waals surface area contributed by atoms with E-state index in [1.165, 1.54) is 30.5 Å². The topological polar surface area (TPSA) is 63.3 Å². The van der Waals surface area contributed by atoms with Crippen molar-refractivity contribution in [1.82, 2.24) is 10.3 Å². The van der Waals surface area contributed by atoms with Crippen molar-refractivity contribution in [2.45, 2.75) is 58.5 Å². The molecule has 4 nitrogen and oxygen atoms in total. The van der Waals surface area contributed by atoms with Gasteiger partial charge in [-0.2, -0.15) is 0 Å². The number of aromatic nitrogens is 1. The minimum absolute atomic E-state index is 0. The van der Waals surface area contributed by atoms with Crippen LogP contribution in [0.15, 0.2) is 17.1 Å². The molecule has 0 unspecified atom stereocenters. The van der Waals surface area contributed by atoms with E-state index >= 15 is 0 Å². The van der Waals surface area contributed by atoms with Crippen molar-refractivity contribution >= 4 is 29.9 Å². The van der Waals surface area contributed by atoms with E-state index in [9.17, 15) is 0 Å². The summed E-state index contributed by atoms with van der Waals surface area (Å²) in [5.41, 5.74) is 9.45. The van der Waals surface area contributed by atoms with Crippen molar-refractivity contribution in [2.75, 3.05) is 0 Å². The molecule has 0 amide bonds. The molecule has 0 radical (unpaired) electrons. The molecule has 0 atom stereocenters. The van der Waals surface area contributed by atoms with Gasteiger partial charge in [0.05, 0.1) is 12.2 Å². The third-order valence-electron chi connectivity index (χ3n) is 3.15. The molecule has 0 saturated heterocycles. The predicted molar refractivity (Wildman–Crippen MR) is 94.5 cm³/mol. The molecule has 1 aromatic rings. The third kappa shape index (κ3) is 5.26. The van der Waals surface area contributed by atoms with Crippen molar-refractivity contribution in [3.63, 3.8) is 0 Å². The molecule has 0 fully saturated rings. The molecular weight excluding hydrogens is 363 g/mol. The van der Waals surface area contributed by atoms with Gasteiger partial charge in [-0.15, -0.1) is 24.0 Å². The molecule has 20 heavy (non-hydrogen) atoms. The van der Waals surface area contributed by atoms with Gasteiger partial charge in [0.2, 0.25) is 0 Å². The Kier molecular flexibility index (Phi) is 6.23. The molecule has 2 rings (SSSR count). The maximum atomic E-state index is 5.86. The Morgan fingerprint density at radius 3 is 2.70 bits per heavy atom. The van der Waals surface area contributed by atoms with Crippen LogP contribution in [0.5, 0.6) is 0 Å². The normalized spacial score (nSPS) is 15.2. The van der Waals surface area contributed by atoms with E-state index in [-0.39, 0.29) is 29.5 Å². The van der Waals surface area contributed by atoms with Crippen molar-refractivity contribution in [3.05, 3.63) is 29.1 Å². The molecule has 0 aliphatic heterocycles. The zero-order valence-electron chi connectivity index (χ0n) is 12.6. The van der Waals surface area contributed by atoms with Gasteiger partial charge in [-0.3, -0.25) is 4.98 Å². The fraction of sp³-hybridized carbons (Fsp3) is 0.600. The molecule has 3 N–H and O–H groups in total. The number of nitrogens with one attached hydrogen (secondary N) is 1. The van der Waals surface area contributed by atoms with Crippen molar-refractivity contribution < 1.29 is 0 Å². The number of aliphatic imine (C=N–C) groups is 1. The van der Waals surface area contributed by atoms with E-state index in [1.807, 2.05) is 0 Å². The van der Waals surface area contributed by atoms with Gasteiger partial charge in [-0.25, -0.2) is 4.99 Å². The number of nitrogens with zero attached hydrogens (tertiary/aromatic N) is 2. The molecule has 0 spiro atoms. The molecule has 1 aliphatic carbocycles. The highest BCUT2D eigenvalue weighted by Gasteiger charge is 2.12. The molecule has 5 heteroatoms. The van der Waals surface area contributed by atoms with E-state index in [0.29, 0.717) is 12.5 Å². The van der Waals surface area contributed by atoms with Crippen LogP contribution in [-0.2, 0) is 19.4 Å². The minimum Gasteiger partial charge on any atom is -0.370 e. The maximum Gasteiger partial charge on any atom is 0.189 e. The smallest absolute Gasteiger partial charge is 0.189 e. The fourth-order valence-corrected chi connectivity index (χ4v) is 2.31. The van der Waals surface area contributed by atoms with Crippen LogP contribution < -0.4 is 11.1 Å². The number of fused-ring (bicyclic) bond motifs is 1. The van der Waals surface area contributed by atoms with Crippen LogP contribution in [0.3, 0.4) is 0 Å². The average molecular weight is 388 g/mol. The van der Waals surface area contributed by atoms with Crippen LogP contribution in [0, 0.1) is 0 Å². The molecular formula is C15H25IN4. The monoisotopic (exact) mass is 388 g/mol. The van der Waals surface area contributed by atoms with Gasteiger partial charge in [-0.1, -0.05) is 6.07 Å². The number of hydrogen-bond donors (Lipinski definition) is 2. The number of aryl methyl sites for hydroxylation is 2. The first-order valence-corrected chi connectivity index (χ1v) is 7.00. The Bertz CT molecular complexity index is 477. The molecule has 0 saturated carbocycles. The standard InChI is InChI=1S/C15H24N4.HI/c1-15(2,3)19-14(16)17-10-12-9-8-11-6-4-5-7-13(11)18-12;/h8-9H,4-7,10H2,1-3H3,(H3,16,17,19);1H. The Morgan fingerprint density at radius 1 is 1.30 bits per heavy atom. The van der Waals surface area contributed by atoms with Gasteiger partial charge in [0.1, 0.15) is 0 Å². The molecule has 112 valence electrons. The SMILES string of the molecule is CC(C)(C)NC(N)=NCc1ccc2c(n1)CCCC2.I. The summed E-state index contributed by atoms with van der Waals surface area (Å²) in [6, 6.07) is 4.26. The van der Waals surface area contributed by atoms with Crippen LogP contribution in [0.25, 0.3) is 0 Å². The maximum absolute atomic E-state index is 5.86. The summed E-state index contributed by atoms with van der Waals surface area (Å²) in [5.74, 6) is 0.479. The lowest BCUT2D eigenvalue weighted by atomic mass is 9.96. The van der Waals surface area contributed by atoms with Crippen molar-refractivity contribution in [1.29, 1.82) is 0 Å². The Labute approximate surface area is 138 Å².